The standard InChI is InChI=1S/C15H17N3O4S.ClH/c1-22-15(19)14-12-3-2-4-13(11(12)5-6-17-14)23(20,21)18-9-7-16-8-10-18;/h2-6,16H,7-10H2,1H3;1H. The molecule has 1 aromatic heterocycles. The van der Waals surface area contributed by atoms with Gasteiger partial charge in [0.15, 0.2) is 5.69 Å². The van der Waals surface area contributed by atoms with Crippen LogP contribution in [0, 0.1) is 0 Å². The molecule has 0 saturated carbocycles. The number of hydrogen-bond acceptors (Lipinski definition) is 6. The van der Waals surface area contributed by atoms with Gasteiger partial charge < -0.3 is 10.1 Å². The summed E-state index contributed by atoms with van der Waals surface area (Å²) < 4.78 is 32.0. The SMILES string of the molecule is COC(=O)c1nccc2c(S(=O)(=O)N3CCNCC3)cccc12.Cl. The van der Waals surface area contributed by atoms with Crippen LogP contribution in [0.3, 0.4) is 0 Å². The van der Waals surface area contributed by atoms with Crippen molar-refractivity contribution < 1.29 is 17.9 Å². The number of hydrogen-bond donors (Lipinski definition) is 1. The number of benzene rings is 1. The van der Waals surface area contributed by atoms with Crippen molar-refractivity contribution in [3.05, 3.63) is 36.2 Å². The Kier molecular flexibility index (Phi) is 5.76. The number of rotatable bonds is 3. The number of halogens is 1. The smallest absolute Gasteiger partial charge is 0.357 e. The van der Waals surface area contributed by atoms with Gasteiger partial charge in [0.2, 0.25) is 10.0 Å². The second kappa shape index (κ2) is 7.43. The Labute approximate surface area is 146 Å². The number of aromatic nitrogens is 1. The van der Waals surface area contributed by atoms with E-state index in [0.29, 0.717) is 37.0 Å². The molecule has 1 aliphatic rings. The van der Waals surface area contributed by atoms with Crippen molar-refractivity contribution in [3.8, 4) is 0 Å². The summed E-state index contributed by atoms with van der Waals surface area (Å²) >= 11 is 0. The van der Waals surface area contributed by atoms with Crippen LogP contribution in [0.1, 0.15) is 10.5 Å². The number of esters is 1. The van der Waals surface area contributed by atoms with E-state index in [2.05, 4.69) is 10.3 Å². The number of piperazine rings is 1. The fourth-order valence-corrected chi connectivity index (χ4v) is 4.33. The van der Waals surface area contributed by atoms with Gasteiger partial charge in [-0.25, -0.2) is 18.2 Å². The topological polar surface area (TPSA) is 88.6 Å². The highest BCUT2D eigenvalue weighted by molar-refractivity contribution is 7.89. The van der Waals surface area contributed by atoms with Crippen LogP contribution in [0.15, 0.2) is 35.4 Å². The lowest BCUT2D eigenvalue weighted by molar-refractivity contribution is 0.0596. The Morgan fingerprint density at radius 3 is 2.58 bits per heavy atom. The molecule has 130 valence electrons. The van der Waals surface area contributed by atoms with Crippen LogP contribution < -0.4 is 5.32 Å². The van der Waals surface area contributed by atoms with E-state index in [9.17, 15) is 13.2 Å². The highest BCUT2D eigenvalue weighted by Gasteiger charge is 2.28. The molecule has 1 aliphatic heterocycles. The molecule has 0 aliphatic carbocycles. The van der Waals surface area contributed by atoms with Gasteiger partial charge >= 0.3 is 5.97 Å². The normalized spacial score (nSPS) is 15.7. The Hall–Kier alpha value is -1.74. The van der Waals surface area contributed by atoms with Gasteiger partial charge in [-0.05, 0) is 12.1 Å². The van der Waals surface area contributed by atoms with Crippen LogP contribution in [0.5, 0.6) is 0 Å². The van der Waals surface area contributed by atoms with Gasteiger partial charge in [-0.3, -0.25) is 0 Å². The number of nitrogens with zero attached hydrogens (tertiary/aromatic N) is 2. The Morgan fingerprint density at radius 2 is 1.92 bits per heavy atom. The molecular formula is C15H18ClN3O4S. The summed E-state index contributed by atoms with van der Waals surface area (Å²) in [5, 5.41) is 4.07. The van der Waals surface area contributed by atoms with E-state index >= 15 is 0 Å². The van der Waals surface area contributed by atoms with Gasteiger partial charge in [-0.1, -0.05) is 12.1 Å². The molecule has 2 heterocycles. The van der Waals surface area contributed by atoms with Crippen molar-refractivity contribution in [2.45, 2.75) is 4.90 Å². The van der Waals surface area contributed by atoms with Crippen LogP contribution >= 0.6 is 12.4 Å². The summed E-state index contributed by atoms with van der Waals surface area (Å²) in [6.07, 6.45) is 1.42. The highest BCUT2D eigenvalue weighted by Crippen LogP contribution is 2.27. The minimum atomic E-state index is -3.62. The maximum atomic E-state index is 12.9. The van der Waals surface area contributed by atoms with Crippen LogP contribution in [0.25, 0.3) is 10.8 Å². The van der Waals surface area contributed by atoms with Crippen molar-refractivity contribution in [2.24, 2.45) is 0 Å². The first-order chi connectivity index (χ1) is 11.1. The monoisotopic (exact) mass is 371 g/mol. The predicted molar refractivity (Wildman–Crippen MR) is 92.0 cm³/mol. The average molecular weight is 372 g/mol. The molecule has 1 aromatic carbocycles. The number of pyridine rings is 1. The molecule has 9 heteroatoms. The van der Waals surface area contributed by atoms with Crippen molar-refractivity contribution in [1.29, 1.82) is 0 Å². The van der Waals surface area contributed by atoms with E-state index in [1.165, 1.54) is 17.6 Å². The van der Waals surface area contributed by atoms with E-state index in [1.807, 2.05) is 0 Å². The van der Waals surface area contributed by atoms with Gasteiger partial charge in [-0.2, -0.15) is 4.31 Å². The minimum Gasteiger partial charge on any atom is -0.464 e. The summed E-state index contributed by atoms with van der Waals surface area (Å²) in [7, 11) is -2.36. The second-order valence-corrected chi connectivity index (χ2v) is 7.06. The summed E-state index contributed by atoms with van der Waals surface area (Å²) in [4.78, 5) is 16.0. The molecule has 0 spiro atoms. The van der Waals surface area contributed by atoms with Crippen LogP contribution in [0.4, 0.5) is 0 Å². The number of sulfonamides is 1. The van der Waals surface area contributed by atoms with Gasteiger partial charge in [0.05, 0.1) is 12.0 Å². The molecule has 0 amide bonds. The average Bonchev–Trinajstić information content (AvgIpc) is 2.60. The molecule has 7 nitrogen and oxygen atoms in total. The highest BCUT2D eigenvalue weighted by atomic mass is 35.5. The van der Waals surface area contributed by atoms with Gasteiger partial charge in [0.1, 0.15) is 0 Å². The number of carbonyl (C=O) groups is 1. The summed E-state index contributed by atoms with van der Waals surface area (Å²) in [5.74, 6) is -0.590. The number of nitrogens with one attached hydrogen (secondary N) is 1. The van der Waals surface area contributed by atoms with Gasteiger partial charge in [0.25, 0.3) is 0 Å². The molecule has 1 saturated heterocycles. The van der Waals surface area contributed by atoms with E-state index in [-0.39, 0.29) is 23.0 Å². The summed E-state index contributed by atoms with van der Waals surface area (Å²) in [6.45, 7) is 2.10. The molecule has 0 bridgehead atoms. The number of fused-ring (bicyclic) bond motifs is 1. The molecule has 0 radical (unpaired) electrons. The third kappa shape index (κ3) is 3.23. The Balaban J connectivity index is 0.00000208. The number of carbonyl (C=O) groups excluding carboxylic acids is 1. The second-order valence-electron chi connectivity index (χ2n) is 5.16. The molecule has 1 fully saturated rings. The van der Waals surface area contributed by atoms with Crippen molar-refractivity contribution in [1.82, 2.24) is 14.6 Å². The fraction of sp³-hybridized carbons (Fsp3) is 0.333. The number of methoxy groups -OCH3 is 1. The Bertz CT molecular complexity index is 851. The lowest BCUT2D eigenvalue weighted by Gasteiger charge is -2.27. The molecule has 0 unspecified atom stereocenters. The van der Waals surface area contributed by atoms with Crippen molar-refractivity contribution in [3.63, 3.8) is 0 Å². The van der Waals surface area contributed by atoms with E-state index in [1.54, 1.807) is 24.3 Å². The molecule has 24 heavy (non-hydrogen) atoms. The van der Waals surface area contributed by atoms with Crippen LogP contribution in [0.2, 0.25) is 0 Å². The fourth-order valence-electron chi connectivity index (χ4n) is 2.69. The lowest BCUT2D eigenvalue weighted by Crippen LogP contribution is -2.46. The predicted octanol–water partition coefficient (Wildman–Crippen LogP) is 1.04. The largest absolute Gasteiger partial charge is 0.464 e. The third-order valence-electron chi connectivity index (χ3n) is 3.84. The van der Waals surface area contributed by atoms with E-state index < -0.39 is 16.0 Å². The maximum absolute atomic E-state index is 12.9. The molecule has 0 atom stereocenters. The first kappa shape index (κ1) is 18.6. The first-order valence-electron chi connectivity index (χ1n) is 7.22. The van der Waals surface area contributed by atoms with Crippen molar-refractivity contribution in [2.75, 3.05) is 33.3 Å². The molecular weight excluding hydrogens is 354 g/mol. The summed E-state index contributed by atoms with van der Waals surface area (Å²) in [5.41, 5.74) is 0.113. The van der Waals surface area contributed by atoms with Gasteiger partial charge in [-0.15, -0.1) is 12.4 Å². The summed E-state index contributed by atoms with van der Waals surface area (Å²) in [6, 6.07) is 6.45. The maximum Gasteiger partial charge on any atom is 0.357 e. The zero-order valence-electron chi connectivity index (χ0n) is 13.1. The zero-order valence-corrected chi connectivity index (χ0v) is 14.7. The van der Waals surface area contributed by atoms with Gasteiger partial charge in [0, 0.05) is 43.1 Å². The Morgan fingerprint density at radius 1 is 1.21 bits per heavy atom. The lowest BCUT2D eigenvalue weighted by atomic mass is 10.1. The third-order valence-corrected chi connectivity index (χ3v) is 5.80. The molecule has 1 N–H and O–H groups in total. The molecule has 2 aromatic rings. The van der Waals surface area contributed by atoms with Crippen LogP contribution in [-0.4, -0.2) is 57.0 Å². The first-order valence-corrected chi connectivity index (χ1v) is 8.66. The van der Waals surface area contributed by atoms with E-state index in [4.69, 9.17) is 4.74 Å². The number of ether oxygens (including phenoxy) is 1. The van der Waals surface area contributed by atoms with Crippen molar-refractivity contribution >= 4 is 39.2 Å². The zero-order chi connectivity index (χ0) is 16.4. The molecule has 3 rings (SSSR count). The minimum absolute atomic E-state index is 0. The van der Waals surface area contributed by atoms with Crippen LogP contribution in [-0.2, 0) is 14.8 Å². The van der Waals surface area contributed by atoms with E-state index in [0.717, 1.165) is 0 Å². The quantitative estimate of drug-likeness (QED) is 0.811.